The van der Waals surface area contributed by atoms with E-state index >= 15 is 0 Å². The predicted octanol–water partition coefficient (Wildman–Crippen LogP) is 1.77. The van der Waals surface area contributed by atoms with E-state index in [1.165, 1.54) is 11.3 Å². The van der Waals surface area contributed by atoms with Crippen molar-refractivity contribution in [3.63, 3.8) is 0 Å². The Bertz CT molecular complexity index is 329. The van der Waals surface area contributed by atoms with Crippen molar-refractivity contribution in [2.45, 2.75) is 11.8 Å². The largest absolute Gasteiger partial charge is 0.384 e. The summed E-state index contributed by atoms with van der Waals surface area (Å²) in [6.07, 6.45) is 1.16. The second kappa shape index (κ2) is 2.48. The van der Waals surface area contributed by atoms with Gasteiger partial charge in [-0.1, -0.05) is 18.2 Å². The summed E-state index contributed by atoms with van der Waals surface area (Å²) in [7, 11) is 0. The lowest BCUT2D eigenvalue weighted by Gasteiger charge is -2.20. The van der Waals surface area contributed by atoms with E-state index in [2.05, 4.69) is 29.6 Å². The van der Waals surface area contributed by atoms with Crippen LogP contribution in [0.2, 0.25) is 0 Å². The lowest BCUT2D eigenvalue weighted by atomic mass is 9.82. The molecule has 1 N–H and O–H groups in total. The molecule has 1 saturated heterocycles. The Balaban J connectivity index is 2.11. The van der Waals surface area contributed by atoms with Gasteiger partial charge in [0.25, 0.3) is 0 Å². The number of anilines is 1. The molecule has 0 aliphatic carbocycles. The zero-order valence-electron chi connectivity index (χ0n) is 7.55. The van der Waals surface area contributed by atoms with Gasteiger partial charge in [0.05, 0.1) is 6.61 Å². The molecule has 0 amide bonds. The number of hydrogen-bond acceptors (Lipinski definition) is 2. The van der Waals surface area contributed by atoms with E-state index in [9.17, 15) is 0 Å². The second-order valence-electron chi connectivity index (χ2n) is 3.98. The Hall–Kier alpha value is -1.02. The topological polar surface area (TPSA) is 21.3 Å². The molecule has 2 nitrogen and oxygen atoms in total. The van der Waals surface area contributed by atoms with Crippen LogP contribution in [0.4, 0.5) is 5.69 Å². The highest BCUT2D eigenvalue weighted by molar-refractivity contribution is 5.60. The number of benzene rings is 1. The zero-order chi connectivity index (χ0) is 8.73. The van der Waals surface area contributed by atoms with Crippen molar-refractivity contribution < 1.29 is 4.74 Å². The quantitative estimate of drug-likeness (QED) is 0.649. The molecular weight excluding hydrogens is 162 g/mol. The zero-order valence-corrected chi connectivity index (χ0v) is 7.55. The van der Waals surface area contributed by atoms with Gasteiger partial charge in [-0.3, -0.25) is 0 Å². The Morgan fingerprint density at radius 1 is 1.31 bits per heavy atom. The maximum Gasteiger partial charge on any atom is 0.0581 e. The molecule has 2 heterocycles. The predicted molar refractivity (Wildman–Crippen MR) is 52.0 cm³/mol. The molecule has 68 valence electrons. The van der Waals surface area contributed by atoms with E-state index in [0.717, 1.165) is 26.2 Å². The molecule has 0 bridgehead atoms. The molecule has 0 saturated carbocycles. The van der Waals surface area contributed by atoms with Crippen molar-refractivity contribution in [1.29, 1.82) is 0 Å². The maximum absolute atomic E-state index is 5.50. The molecule has 1 unspecified atom stereocenters. The standard InChI is InChI=1S/C11H13NO/c1-2-4-10-9(3-1)11(7-12-10)5-6-13-8-11/h1-4,12H,5-8H2. The molecule has 2 heteroatoms. The Morgan fingerprint density at radius 3 is 3.08 bits per heavy atom. The average molecular weight is 175 g/mol. The number of ether oxygens (including phenoxy) is 1. The van der Waals surface area contributed by atoms with Gasteiger partial charge in [0, 0.05) is 24.3 Å². The summed E-state index contributed by atoms with van der Waals surface area (Å²) >= 11 is 0. The van der Waals surface area contributed by atoms with E-state index in [0.29, 0.717) is 0 Å². The highest BCUT2D eigenvalue weighted by Gasteiger charge is 2.41. The van der Waals surface area contributed by atoms with Gasteiger partial charge < -0.3 is 10.1 Å². The SMILES string of the molecule is c1ccc2c(c1)NCC21CCOC1. The fraction of sp³-hybridized carbons (Fsp3) is 0.455. The van der Waals surface area contributed by atoms with E-state index in [1.54, 1.807) is 0 Å². The van der Waals surface area contributed by atoms with Crippen LogP contribution in [0, 0.1) is 0 Å². The summed E-state index contributed by atoms with van der Waals surface area (Å²) in [6.45, 7) is 2.85. The van der Waals surface area contributed by atoms with Crippen LogP contribution in [0.15, 0.2) is 24.3 Å². The summed E-state index contributed by atoms with van der Waals surface area (Å²) in [5.41, 5.74) is 3.04. The first kappa shape index (κ1) is 7.39. The fourth-order valence-corrected chi connectivity index (χ4v) is 2.42. The second-order valence-corrected chi connectivity index (χ2v) is 3.98. The van der Waals surface area contributed by atoms with E-state index < -0.39 is 0 Å². The molecule has 3 rings (SSSR count). The van der Waals surface area contributed by atoms with Crippen LogP contribution in [0.1, 0.15) is 12.0 Å². The van der Waals surface area contributed by atoms with E-state index in [-0.39, 0.29) is 5.41 Å². The molecule has 1 aromatic rings. The van der Waals surface area contributed by atoms with Crippen LogP contribution in [0.25, 0.3) is 0 Å². The maximum atomic E-state index is 5.50. The van der Waals surface area contributed by atoms with Crippen LogP contribution < -0.4 is 5.32 Å². The monoisotopic (exact) mass is 175 g/mol. The molecule has 1 aromatic carbocycles. The van der Waals surface area contributed by atoms with Gasteiger partial charge in [-0.05, 0) is 18.1 Å². The van der Waals surface area contributed by atoms with Crippen molar-refractivity contribution in [1.82, 2.24) is 0 Å². The summed E-state index contributed by atoms with van der Waals surface area (Å²) < 4.78 is 5.50. The van der Waals surface area contributed by atoms with Gasteiger partial charge >= 0.3 is 0 Å². The number of para-hydroxylation sites is 1. The van der Waals surface area contributed by atoms with Crippen molar-refractivity contribution in [2.24, 2.45) is 0 Å². The van der Waals surface area contributed by atoms with E-state index in [4.69, 9.17) is 4.74 Å². The third kappa shape index (κ3) is 0.923. The molecule has 1 fully saturated rings. The first-order valence-corrected chi connectivity index (χ1v) is 4.82. The van der Waals surface area contributed by atoms with Crippen LogP contribution >= 0.6 is 0 Å². The first-order chi connectivity index (χ1) is 6.41. The van der Waals surface area contributed by atoms with Gasteiger partial charge in [0.2, 0.25) is 0 Å². The summed E-state index contributed by atoms with van der Waals surface area (Å²) in [5, 5.41) is 3.45. The molecule has 0 aromatic heterocycles. The van der Waals surface area contributed by atoms with Crippen LogP contribution in [-0.2, 0) is 10.2 Å². The fourth-order valence-electron chi connectivity index (χ4n) is 2.42. The highest BCUT2D eigenvalue weighted by atomic mass is 16.5. The lowest BCUT2D eigenvalue weighted by Crippen LogP contribution is -2.28. The van der Waals surface area contributed by atoms with Crippen LogP contribution in [-0.4, -0.2) is 19.8 Å². The highest BCUT2D eigenvalue weighted by Crippen LogP contribution is 2.41. The number of nitrogens with one attached hydrogen (secondary N) is 1. The van der Waals surface area contributed by atoms with Crippen LogP contribution in [0.5, 0.6) is 0 Å². The average Bonchev–Trinajstić information content (AvgIpc) is 2.78. The molecule has 13 heavy (non-hydrogen) atoms. The van der Waals surface area contributed by atoms with E-state index in [1.807, 2.05) is 0 Å². The Kier molecular flexibility index (Phi) is 1.41. The summed E-state index contributed by atoms with van der Waals surface area (Å²) in [4.78, 5) is 0. The Morgan fingerprint density at radius 2 is 2.23 bits per heavy atom. The minimum Gasteiger partial charge on any atom is -0.384 e. The van der Waals surface area contributed by atoms with Crippen molar-refractivity contribution in [3.8, 4) is 0 Å². The van der Waals surface area contributed by atoms with Gasteiger partial charge in [-0.15, -0.1) is 0 Å². The number of fused-ring (bicyclic) bond motifs is 2. The van der Waals surface area contributed by atoms with Gasteiger partial charge in [-0.25, -0.2) is 0 Å². The molecule has 2 aliphatic heterocycles. The summed E-state index contributed by atoms with van der Waals surface area (Å²) in [6, 6.07) is 8.58. The minimum absolute atomic E-state index is 0.288. The third-order valence-electron chi connectivity index (χ3n) is 3.22. The molecular formula is C11H13NO. The van der Waals surface area contributed by atoms with Crippen molar-refractivity contribution in [2.75, 3.05) is 25.1 Å². The number of rotatable bonds is 0. The molecule has 2 aliphatic rings. The van der Waals surface area contributed by atoms with Gasteiger partial charge in [0.1, 0.15) is 0 Å². The first-order valence-electron chi connectivity index (χ1n) is 4.82. The van der Waals surface area contributed by atoms with Crippen molar-refractivity contribution >= 4 is 5.69 Å². The summed E-state index contributed by atoms with van der Waals surface area (Å²) in [5.74, 6) is 0. The normalized spacial score (nSPS) is 30.5. The molecule has 1 atom stereocenters. The van der Waals surface area contributed by atoms with Crippen LogP contribution in [0.3, 0.4) is 0 Å². The molecule has 0 radical (unpaired) electrons. The molecule has 1 spiro atoms. The Labute approximate surface area is 77.9 Å². The smallest absolute Gasteiger partial charge is 0.0581 e. The lowest BCUT2D eigenvalue weighted by molar-refractivity contribution is 0.181. The minimum atomic E-state index is 0.288. The van der Waals surface area contributed by atoms with Crippen molar-refractivity contribution in [3.05, 3.63) is 29.8 Å². The van der Waals surface area contributed by atoms with Gasteiger partial charge in [0.15, 0.2) is 0 Å². The number of hydrogen-bond donors (Lipinski definition) is 1. The third-order valence-corrected chi connectivity index (χ3v) is 3.22. The van der Waals surface area contributed by atoms with Gasteiger partial charge in [-0.2, -0.15) is 0 Å².